The van der Waals surface area contributed by atoms with Crippen LogP contribution in [0.15, 0.2) is 24.4 Å². The quantitative estimate of drug-likeness (QED) is 0.0306. The molecule has 0 spiro atoms. The van der Waals surface area contributed by atoms with Crippen molar-refractivity contribution in [2.45, 2.75) is 78.9 Å². The Bertz CT molecular complexity index is 1690. The van der Waals surface area contributed by atoms with Crippen LogP contribution in [-0.2, 0) is 35.3 Å². The van der Waals surface area contributed by atoms with E-state index >= 15 is 0 Å². The molecule has 4 rings (SSSR count). The molecule has 1 atom stereocenters. The number of fused-ring (bicyclic) bond motifs is 2. The molecule has 0 bridgehead atoms. The molecular formula is C33H36Cl4N2O9. The number of carbonyl (C=O) groups excluding carboxylic acids is 4. The highest BCUT2D eigenvalue weighted by Gasteiger charge is 2.41. The molecule has 2 amide bonds. The number of carbonyl (C=O) groups is 4. The fourth-order valence-corrected chi connectivity index (χ4v) is 6.42. The highest BCUT2D eigenvalue weighted by molar-refractivity contribution is 6.55. The van der Waals surface area contributed by atoms with E-state index in [9.17, 15) is 19.2 Å². The molecular weight excluding hydrogens is 710 g/mol. The number of methoxy groups -OCH3 is 1. The Morgan fingerprint density at radius 3 is 1.96 bits per heavy atom. The van der Waals surface area contributed by atoms with Crippen molar-refractivity contribution in [3.05, 3.63) is 61.2 Å². The van der Waals surface area contributed by atoms with Crippen LogP contribution in [0.1, 0.15) is 86.9 Å². The molecule has 0 fully saturated rings. The van der Waals surface area contributed by atoms with Gasteiger partial charge in [0.1, 0.15) is 11.4 Å². The fourth-order valence-electron chi connectivity index (χ4n) is 5.40. The number of benzene rings is 2. The van der Waals surface area contributed by atoms with Crippen molar-refractivity contribution in [2.75, 3.05) is 13.7 Å². The summed E-state index contributed by atoms with van der Waals surface area (Å²) in [4.78, 5) is 63.0. The number of rotatable bonds is 14. The standard InChI is InChI=1S/C33H36Cl4N2O9/c1-16(2)12-23(47-48-33(5,6)14-24(45-17(3)40)46-18(4)41)39-15-19(21-13-20(44-7)8-9-22(21)39)10-11-38-31(42)25-26(32(38)43)28(35)30(37)29(36)27(25)34/h8-9,13,15-16,23-24H,10-12,14H2,1-7H3. The Balaban J connectivity index is 1.63. The summed E-state index contributed by atoms with van der Waals surface area (Å²) in [6, 6.07) is 5.55. The Morgan fingerprint density at radius 1 is 0.896 bits per heavy atom. The largest absolute Gasteiger partial charge is 0.497 e. The average molecular weight is 746 g/mol. The summed E-state index contributed by atoms with van der Waals surface area (Å²) in [5, 5.41) is 0.332. The molecule has 0 radical (unpaired) electrons. The van der Waals surface area contributed by atoms with Gasteiger partial charge in [-0.25, -0.2) is 9.78 Å². The van der Waals surface area contributed by atoms with Crippen molar-refractivity contribution in [3.8, 4) is 5.75 Å². The van der Waals surface area contributed by atoms with Crippen LogP contribution in [-0.4, -0.2) is 58.8 Å². The lowest BCUT2D eigenvalue weighted by molar-refractivity contribution is -0.399. The summed E-state index contributed by atoms with van der Waals surface area (Å²) in [5.41, 5.74) is 0.345. The zero-order valence-electron chi connectivity index (χ0n) is 27.5. The Morgan fingerprint density at radius 2 is 1.46 bits per heavy atom. The van der Waals surface area contributed by atoms with E-state index < -0.39 is 41.9 Å². The summed E-state index contributed by atoms with van der Waals surface area (Å²) in [7, 11) is 1.56. The van der Waals surface area contributed by atoms with E-state index in [1.165, 1.54) is 13.8 Å². The second-order valence-electron chi connectivity index (χ2n) is 12.3. The molecule has 1 aliphatic heterocycles. The number of aromatic nitrogens is 1. The van der Waals surface area contributed by atoms with Gasteiger partial charge in [-0.05, 0) is 56.4 Å². The molecule has 0 saturated heterocycles. The average Bonchev–Trinajstić information content (AvgIpc) is 3.48. The molecule has 0 saturated carbocycles. The van der Waals surface area contributed by atoms with Crippen molar-refractivity contribution in [1.29, 1.82) is 0 Å². The molecule has 260 valence electrons. The summed E-state index contributed by atoms with van der Waals surface area (Å²) in [5.74, 6) is -1.71. The predicted octanol–water partition coefficient (Wildman–Crippen LogP) is 8.22. The zero-order valence-corrected chi connectivity index (χ0v) is 30.5. The van der Waals surface area contributed by atoms with E-state index in [1.807, 2.05) is 42.8 Å². The van der Waals surface area contributed by atoms with E-state index in [2.05, 4.69) is 0 Å². The van der Waals surface area contributed by atoms with Crippen LogP contribution in [0.5, 0.6) is 5.75 Å². The predicted molar refractivity (Wildman–Crippen MR) is 181 cm³/mol. The highest BCUT2D eigenvalue weighted by Crippen LogP contribution is 2.45. The molecule has 1 aliphatic rings. The van der Waals surface area contributed by atoms with Crippen LogP contribution >= 0.6 is 46.4 Å². The lowest BCUT2D eigenvalue weighted by Gasteiger charge is -2.30. The maximum atomic E-state index is 13.4. The maximum absolute atomic E-state index is 13.4. The molecule has 3 aromatic rings. The van der Waals surface area contributed by atoms with Gasteiger partial charge in [0.05, 0.1) is 50.3 Å². The van der Waals surface area contributed by atoms with Gasteiger partial charge in [-0.2, -0.15) is 0 Å². The lowest BCUT2D eigenvalue weighted by atomic mass is 10.1. The smallest absolute Gasteiger partial charge is 0.305 e. The summed E-state index contributed by atoms with van der Waals surface area (Å²) in [6.07, 6.45) is 0.842. The molecule has 11 nitrogen and oxygen atoms in total. The summed E-state index contributed by atoms with van der Waals surface area (Å²) >= 11 is 25.0. The minimum absolute atomic E-state index is 0.000170. The topological polar surface area (TPSA) is 123 Å². The first-order chi connectivity index (χ1) is 22.4. The number of esters is 2. The Kier molecular flexibility index (Phi) is 12.0. The van der Waals surface area contributed by atoms with Gasteiger partial charge < -0.3 is 18.8 Å². The van der Waals surface area contributed by atoms with Crippen LogP contribution in [0, 0.1) is 5.92 Å². The van der Waals surface area contributed by atoms with Crippen LogP contribution in [0.2, 0.25) is 20.1 Å². The minimum atomic E-state index is -1.17. The van der Waals surface area contributed by atoms with Crippen LogP contribution in [0.4, 0.5) is 0 Å². The van der Waals surface area contributed by atoms with Crippen LogP contribution < -0.4 is 4.74 Å². The molecule has 48 heavy (non-hydrogen) atoms. The normalized spacial score (nSPS) is 13.9. The lowest BCUT2D eigenvalue weighted by Crippen LogP contribution is -2.35. The van der Waals surface area contributed by atoms with Gasteiger partial charge in [0, 0.05) is 32.0 Å². The third kappa shape index (κ3) is 8.21. The van der Waals surface area contributed by atoms with Gasteiger partial charge in [-0.1, -0.05) is 60.3 Å². The Labute approximate surface area is 298 Å². The van der Waals surface area contributed by atoms with Crippen molar-refractivity contribution < 1.29 is 43.2 Å². The van der Waals surface area contributed by atoms with E-state index in [-0.39, 0.29) is 56.5 Å². The number of amides is 2. The second kappa shape index (κ2) is 15.2. The summed E-state index contributed by atoms with van der Waals surface area (Å²) in [6.45, 7) is 9.92. The maximum Gasteiger partial charge on any atom is 0.305 e. The summed E-state index contributed by atoms with van der Waals surface area (Å²) < 4.78 is 17.7. The van der Waals surface area contributed by atoms with Crippen molar-refractivity contribution >= 4 is 81.1 Å². The molecule has 2 aromatic carbocycles. The van der Waals surface area contributed by atoms with Gasteiger partial charge in [0.25, 0.3) is 11.8 Å². The van der Waals surface area contributed by atoms with Gasteiger partial charge in [0.15, 0.2) is 6.23 Å². The van der Waals surface area contributed by atoms with Crippen molar-refractivity contribution in [1.82, 2.24) is 9.47 Å². The highest BCUT2D eigenvalue weighted by atomic mass is 35.5. The van der Waals surface area contributed by atoms with Gasteiger partial charge in [-0.3, -0.25) is 24.1 Å². The van der Waals surface area contributed by atoms with E-state index in [1.54, 1.807) is 21.0 Å². The number of hydrogen-bond acceptors (Lipinski definition) is 9. The number of nitrogens with zero attached hydrogens (tertiary/aromatic N) is 2. The Hall–Kier alpha value is -3.06. The first kappa shape index (κ1) is 37.8. The first-order valence-corrected chi connectivity index (χ1v) is 16.5. The van der Waals surface area contributed by atoms with E-state index in [0.29, 0.717) is 12.2 Å². The van der Waals surface area contributed by atoms with Gasteiger partial charge >= 0.3 is 11.9 Å². The third-order valence-electron chi connectivity index (χ3n) is 7.53. The van der Waals surface area contributed by atoms with Gasteiger partial charge in [-0.15, -0.1) is 0 Å². The fraction of sp³-hybridized carbons (Fsp3) is 0.455. The molecule has 2 heterocycles. The van der Waals surface area contributed by atoms with E-state index in [0.717, 1.165) is 21.4 Å². The molecule has 1 aromatic heterocycles. The minimum Gasteiger partial charge on any atom is -0.497 e. The number of hydrogen-bond donors (Lipinski definition) is 0. The molecule has 15 heteroatoms. The monoisotopic (exact) mass is 744 g/mol. The number of halogens is 4. The zero-order chi connectivity index (χ0) is 35.7. The number of ether oxygens (including phenoxy) is 3. The van der Waals surface area contributed by atoms with Crippen LogP contribution in [0.25, 0.3) is 10.9 Å². The molecule has 0 N–H and O–H groups in total. The molecule has 0 aliphatic carbocycles. The molecule has 1 unspecified atom stereocenters. The SMILES string of the molecule is COc1ccc2c(c1)c(CCN1C(=O)c3c(Cl)c(Cl)c(Cl)c(Cl)c3C1=O)cn2C(CC(C)C)OOC(C)(C)CC(OC(C)=O)OC(C)=O. The van der Waals surface area contributed by atoms with Crippen molar-refractivity contribution in [2.24, 2.45) is 5.92 Å². The number of imide groups is 1. The van der Waals surface area contributed by atoms with Crippen molar-refractivity contribution in [3.63, 3.8) is 0 Å². The third-order valence-corrected chi connectivity index (χ3v) is 9.34. The second-order valence-corrected chi connectivity index (χ2v) is 13.9. The first-order valence-electron chi connectivity index (χ1n) is 15.0. The van der Waals surface area contributed by atoms with E-state index in [4.69, 9.17) is 70.4 Å². The van der Waals surface area contributed by atoms with Gasteiger partial charge in [0.2, 0.25) is 6.29 Å². The van der Waals surface area contributed by atoms with Crippen LogP contribution in [0.3, 0.4) is 0 Å².